The number of benzene rings is 2. The van der Waals surface area contributed by atoms with E-state index < -0.39 is 0 Å². The highest BCUT2D eigenvalue weighted by molar-refractivity contribution is 5.84. The maximum atomic E-state index is 12.9. The van der Waals surface area contributed by atoms with Crippen LogP contribution in [0, 0.1) is 0 Å². The maximum Gasteiger partial charge on any atom is 0.257 e. The Kier molecular flexibility index (Phi) is 5.70. The molecule has 0 fully saturated rings. The highest BCUT2D eigenvalue weighted by Crippen LogP contribution is 2.24. The number of aryl methyl sites for hydroxylation is 2. The minimum absolute atomic E-state index is 0.0331. The van der Waals surface area contributed by atoms with Gasteiger partial charge in [-0.05, 0) is 48.2 Å². The summed E-state index contributed by atoms with van der Waals surface area (Å²) in [6.07, 6.45) is 8.55. The van der Waals surface area contributed by atoms with Crippen LogP contribution in [-0.4, -0.2) is 21.8 Å². The number of ether oxygens (including phenoxy) is 1. The SMILES string of the molecule is COc1ccc2[nH]cc(CCn3ccc(O)c(C/C=C/c4ccccc4)c3=O)c2c1. The van der Waals surface area contributed by atoms with Crippen LogP contribution in [0.1, 0.15) is 16.7 Å². The van der Waals surface area contributed by atoms with E-state index in [-0.39, 0.29) is 11.3 Å². The number of rotatable bonds is 7. The summed E-state index contributed by atoms with van der Waals surface area (Å²) >= 11 is 0. The van der Waals surface area contributed by atoms with Crippen molar-refractivity contribution in [3.8, 4) is 11.5 Å². The first-order valence-electron chi connectivity index (χ1n) is 9.92. The second kappa shape index (κ2) is 8.74. The van der Waals surface area contributed by atoms with Gasteiger partial charge in [0, 0.05) is 29.8 Å². The molecule has 0 saturated heterocycles. The second-order valence-corrected chi connectivity index (χ2v) is 7.17. The van der Waals surface area contributed by atoms with Gasteiger partial charge in [0.25, 0.3) is 5.56 Å². The third kappa shape index (κ3) is 4.15. The van der Waals surface area contributed by atoms with E-state index >= 15 is 0 Å². The van der Waals surface area contributed by atoms with Gasteiger partial charge < -0.3 is 19.4 Å². The fraction of sp³-hybridized carbons (Fsp3) is 0.160. The molecular formula is C25H24N2O3. The van der Waals surface area contributed by atoms with Crippen molar-refractivity contribution in [2.45, 2.75) is 19.4 Å². The van der Waals surface area contributed by atoms with Crippen LogP contribution in [0.3, 0.4) is 0 Å². The standard InChI is InChI=1S/C25H24N2O3/c1-30-20-10-11-23-22(16-20)19(17-26-23)12-14-27-15-13-24(28)21(25(27)29)9-5-8-18-6-3-2-4-7-18/h2-8,10-11,13,15-17,26,28H,9,12,14H2,1H3/b8-5+. The monoisotopic (exact) mass is 400 g/mol. The van der Waals surface area contributed by atoms with Crippen molar-refractivity contribution < 1.29 is 9.84 Å². The molecule has 4 rings (SSSR count). The number of nitrogens with one attached hydrogen (secondary N) is 1. The molecule has 0 aliphatic rings. The molecule has 152 valence electrons. The number of nitrogens with zero attached hydrogens (tertiary/aromatic N) is 1. The predicted molar refractivity (Wildman–Crippen MR) is 120 cm³/mol. The number of fused-ring (bicyclic) bond motifs is 1. The lowest BCUT2D eigenvalue weighted by Crippen LogP contribution is -2.23. The number of aromatic nitrogens is 2. The molecule has 2 N–H and O–H groups in total. The lowest BCUT2D eigenvalue weighted by Gasteiger charge is -2.09. The van der Waals surface area contributed by atoms with Crippen LogP contribution in [0.25, 0.3) is 17.0 Å². The number of pyridine rings is 1. The fourth-order valence-corrected chi connectivity index (χ4v) is 3.59. The predicted octanol–water partition coefficient (Wildman–Crippen LogP) is 4.54. The second-order valence-electron chi connectivity index (χ2n) is 7.17. The molecule has 0 unspecified atom stereocenters. The first kappa shape index (κ1) is 19.6. The average Bonchev–Trinajstić information content (AvgIpc) is 3.18. The first-order valence-corrected chi connectivity index (χ1v) is 9.92. The minimum Gasteiger partial charge on any atom is -0.507 e. The van der Waals surface area contributed by atoms with Crippen molar-refractivity contribution in [3.63, 3.8) is 0 Å². The molecule has 2 aromatic carbocycles. The minimum atomic E-state index is -0.162. The zero-order chi connectivity index (χ0) is 20.9. The summed E-state index contributed by atoms with van der Waals surface area (Å²) in [7, 11) is 1.65. The molecule has 0 aliphatic heterocycles. The number of aromatic amines is 1. The summed E-state index contributed by atoms with van der Waals surface area (Å²) in [6, 6.07) is 17.4. The van der Waals surface area contributed by atoms with E-state index in [4.69, 9.17) is 4.74 Å². The van der Waals surface area contributed by atoms with Crippen LogP contribution < -0.4 is 10.3 Å². The van der Waals surface area contributed by atoms with E-state index in [0.29, 0.717) is 24.9 Å². The Morgan fingerprint density at radius 2 is 1.97 bits per heavy atom. The molecule has 0 amide bonds. The molecule has 5 heteroatoms. The Bertz CT molecular complexity index is 1240. The van der Waals surface area contributed by atoms with Crippen molar-refractivity contribution in [3.05, 3.63) is 100 Å². The van der Waals surface area contributed by atoms with Crippen molar-refractivity contribution in [2.24, 2.45) is 0 Å². The molecule has 2 heterocycles. The number of hydrogen-bond acceptors (Lipinski definition) is 3. The number of H-pyrrole nitrogens is 1. The van der Waals surface area contributed by atoms with Crippen LogP contribution in [0.15, 0.2) is 77.9 Å². The molecule has 0 saturated carbocycles. The molecule has 5 nitrogen and oxygen atoms in total. The highest BCUT2D eigenvalue weighted by atomic mass is 16.5. The van der Waals surface area contributed by atoms with Crippen molar-refractivity contribution in [1.29, 1.82) is 0 Å². The third-order valence-corrected chi connectivity index (χ3v) is 5.27. The lowest BCUT2D eigenvalue weighted by atomic mass is 10.1. The van der Waals surface area contributed by atoms with E-state index in [1.165, 1.54) is 0 Å². The van der Waals surface area contributed by atoms with E-state index in [2.05, 4.69) is 4.98 Å². The normalized spacial score (nSPS) is 11.4. The summed E-state index contributed by atoms with van der Waals surface area (Å²) in [5, 5.41) is 11.3. The van der Waals surface area contributed by atoms with Gasteiger partial charge in [-0.3, -0.25) is 4.79 Å². The van der Waals surface area contributed by atoms with E-state index in [9.17, 15) is 9.90 Å². The molecule has 0 atom stereocenters. The summed E-state index contributed by atoms with van der Waals surface area (Å²) in [5.74, 6) is 0.837. The smallest absolute Gasteiger partial charge is 0.257 e. The summed E-state index contributed by atoms with van der Waals surface area (Å²) in [5.41, 5.74) is 3.46. The summed E-state index contributed by atoms with van der Waals surface area (Å²) in [6.45, 7) is 0.526. The molecule has 0 spiro atoms. The van der Waals surface area contributed by atoms with Crippen molar-refractivity contribution in [2.75, 3.05) is 7.11 Å². The van der Waals surface area contributed by atoms with Crippen molar-refractivity contribution in [1.82, 2.24) is 9.55 Å². The van der Waals surface area contributed by atoms with Gasteiger partial charge in [0.2, 0.25) is 0 Å². The highest BCUT2D eigenvalue weighted by Gasteiger charge is 2.10. The molecule has 0 aliphatic carbocycles. The largest absolute Gasteiger partial charge is 0.507 e. The van der Waals surface area contributed by atoms with Crippen LogP contribution >= 0.6 is 0 Å². The zero-order valence-corrected chi connectivity index (χ0v) is 16.8. The molecule has 4 aromatic rings. The van der Waals surface area contributed by atoms with Gasteiger partial charge in [-0.25, -0.2) is 0 Å². The van der Waals surface area contributed by atoms with E-state index in [1.54, 1.807) is 23.9 Å². The van der Waals surface area contributed by atoms with Crippen LogP contribution in [0.4, 0.5) is 0 Å². The van der Waals surface area contributed by atoms with Gasteiger partial charge in [0.1, 0.15) is 11.5 Å². The van der Waals surface area contributed by atoms with Gasteiger partial charge in [-0.15, -0.1) is 0 Å². The molecule has 0 bridgehead atoms. The molecule has 2 aromatic heterocycles. The van der Waals surface area contributed by atoms with Gasteiger partial charge in [-0.1, -0.05) is 42.5 Å². The third-order valence-electron chi connectivity index (χ3n) is 5.27. The van der Waals surface area contributed by atoms with Crippen LogP contribution in [-0.2, 0) is 19.4 Å². The van der Waals surface area contributed by atoms with E-state index in [1.807, 2.05) is 66.9 Å². The number of allylic oxidation sites excluding steroid dienone is 1. The quantitative estimate of drug-likeness (QED) is 0.479. The van der Waals surface area contributed by atoms with E-state index in [0.717, 1.165) is 27.8 Å². The Hall–Kier alpha value is -3.73. The van der Waals surface area contributed by atoms with Crippen molar-refractivity contribution >= 4 is 17.0 Å². The van der Waals surface area contributed by atoms with Gasteiger partial charge in [-0.2, -0.15) is 0 Å². The Balaban J connectivity index is 1.52. The molecular weight excluding hydrogens is 376 g/mol. The molecule has 30 heavy (non-hydrogen) atoms. The van der Waals surface area contributed by atoms with Gasteiger partial charge in [0.05, 0.1) is 12.7 Å². The summed E-state index contributed by atoms with van der Waals surface area (Å²) < 4.78 is 6.98. The number of methoxy groups -OCH3 is 1. The Morgan fingerprint density at radius 3 is 2.77 bits per heavy atom. The lowest BCUT2D eigenvalue weighted by molar-refractivity contribution is 0.415. The van der Waals surface area contributed by atoms with Gasteiger partial charge >= 0.3 is 0 Å². The van der Waals surface area contributed by atoms with Gasteiger partial charge in [0.15, 0.2) is 0 Å². The van der Waals surface area contributed by atoms with Crippen LogP contribution in [0.5, 0.6) is 11.5 Å². The fourth-order valence-electron chi connectivity index (χ4n) is 3.59. The molecule has 0 radical (unpaired) electrons. The maximum absolute atomic E-state index is 12.9. The summed E-state index contributed by atoms with van der Waals surface area (Å²) in [4.78, 5) is 16.2. The number of hydrogen-bond donors (Lipinski definition) is 2. The Labute approximate surface area is 174 Å². The number of aromatic hydroxyl groups is 1. The Morgan fingerprint density at radius 1 is 1.13 bits per heavy atom. The topological polar surface area (TPSA) is 67.2 Å². The average molecular weight is 400 g/mol. The zero-order valence-electron chi connectivity index (χ0n) is 16.8. The first-order chi connectivity index (χ1) is 14.7. The van der Waals surface area contributed by atoms with Crippen LogP contribution in [0.2, 0.25) is 0 Å².